The van der Waals surface area contributed by atoms with Crippen LogP contribution in [0.25, 0.3) is 0 Å². The Kier molecular flexibility index (Phi) is 3.54. The maximum Gasteiger partial charge on any atom is 0.416 e. The number of rotatable bonds is 2. The van der Waals surface area contributed by atoms with Gasteiger partial charge in [-0.1, -0.05) is 12.1 Å². The number of hydrogen-bond donors (Lipinski definition) is 1. The van der Waals surface area contributed by atoms with Crippen molar-refractivity contribution >= 4 is 5.97 Å². The van der Waals surface area contributed by atoms with E-state index in [4.69, 9.17) is 0 Å². The van der Waals surface area contributed by atoms with Crippen LogP contribution >= 0.6 is 0 Å². The van der Waals surface area contributed by atoms with E-state index in [1.165, 1.54) is 6.07 Å². The normalized spacial score (nSPS) is 13.3. The Morgan fingerprint density at radius 1 is 1.44 bits per heavy atom. The largest absolute Gasteiger partial charge is 0.467 e. The van der Waals surface area contributed by atoms with Crippen molar-refractivity contribution in [3.05, 3.63) is 35.4 Å². The monoisotopic (exact) mass is 234 g/mol. The molecule has 0 heterocycles. The summed E-state index contributed by atoms with van der Waals surface area (Å²) in [6.45, 7) is 0. The number of esters is 1. The Morgan fingerprint density at radius 3 is 2.56 bits per heavy atom. The second-order valence-corrected chi connectivity index (χ2v) is 3.05. The van der Waals surface area contributed by atoms with E-state index < -0.39 is 23.8 Å². The zero-order valence-corrected chi connectivity index (χ0v) is 8.28. The second-order valence-electron chi connectivity index (χ2n) is 3.05. The van der Waals surface area contributed by atoms with Gasteiger partial charge >= 0.3 is 12.1 Å². The highest BCUT2D eigenvalue weighted by Gasteiger charge is 2.31. The van der Waals surface area contributed by atoms with Gasteiger partial charge in [0.2, 0.25) is 0 Å². The molecule has 0 bridgehead atoms. The van der Waals surface area contributed by atoms with Crippen LogP contribution in [0.15, 0.2) is 24.3 Å². The molecule has 0 amide bonds. The van der Waals surface area contributed by atoms with Crippen molar-refractivity contribution in [1.82, 2.24) is 0 Å². The van der Waals surface area contributed by atoms with Crippen LogP contribution in [0.1, 0.15) is 17.2 Å². The van der Waals surface area contributed by atoms with Gasteiger partial charge in [0.1, 0.15) is 0 Å². The molecule has 0 spiro atoms. The highest BCUT2D eigenvalue weighted by atomic mass is 19.4. The molecule has 0 aliphatic rings. The van der Waals surface area contributed by atoms with E-state index in [-0.39, 0.29) is 5.56 Å². The number of alkyl halides is 3. The number of carbonyl (C=O) groups excluding carboxylic acids is 1. The number of aliphatic hydroxyl groups excluding tert-OH is 1. The fourth-order valence-corrected chi connectivity index (χ4v) is 1.13. The molecular weight excluding hydrogens is 225 g/mol. The maximum absolute atomic E-state index is 12.3. The van der Waals surface area contributed by atoms with Gasteiger partial charge in [-0.2, -0.15) is 13.2 Å². The van der Waals surface area contributed by atoms with Gasteiger partial charge < -0.3 is 9.84 Å². The van der Waals surface area contributed by atoms with E-state index in [1.807, 2.05) is 0 Å². The summed E-state index contributed by atoms with van der Waals surface area (Å²) in [7, 11) is 1.04. The topological polar surface area (TPSA) is 46.5 Å². The third kappa shape index (κ3) is 2.73. The van der Waals surface area contributed by atoms with Gasteiger partial charge in [0, 0.05) is 0 Å². The van der Waals surface area contributed by atoms with Crippen molar-refractivity contribution in [2.45, 2.75) is 12.3 Å². The Bertz CT molecular complexity index is 387. The van der Waals surface area contributed by atoms with Crippen molar-refractivity contribution in [3.8, 4) is 0 Å². The van der Waals surface area contributed by atoms with E-state index in [0.717, 1.165) is 19.2 Å². The SMILES string of the molecule is COC(=O)C(O)c1cccc(C(F)(F)F)c1. The molecule has 1 N–H and O–H groups in total. The van der Waals surface area contributed by atoms with Crippen LogP contribution in [-0.4, -0.2) is 18.2 Å². The zero-order valence-electron chi connectivity index (χ0n) is 8.28. The Morgan fingerprint density at radius 2 is 2.06 bits per heavy atom. The molecule has 88 valence electrons. The van der Waals surface area contributed by atoms with Gasteiger partial charge in [-0.15, -0.1) is 0 Å². The first-order valence-electron chi connectivity index (χ1n) is 4.29. The summed E-state index contributed by atoms with van der Waals surface area (Å²) >= 11 is 0. The van der Waals surface area contributed by atoms with Gasteiger partial charge in [-0.3, -0.25) is 0 Å². The minimum atomic E-state index is -4.51. The van der Waals surface area contributed by atoms with E-state index in [0.29, 0.717) is 6.07 Å². The van der Waals surface area contributed by atoms with Crippen molar-refractivity contribution in [1.29, 1.82) is 0 Å². The summed E-state index contributed by atoms with van der Waals surface area (Å²) in [4.78, 5) is 10.9. The molecule has 6 heteroatoms. The molecule has 0 aliphatic heterocycles. The molecule has 1 atom stereocenters. The molecule has 1 unspecified atom stereocenters. The van der Waals surface area contributed by atoms with Crippen LogP contribution < -0.4 is 0 Å². The van der Waals surface area contributed by atoms with E-state index in [2.05, 4.69) is 4.74 Å². The minimum absolute atomic E-state index is 0.151. The lowest BCUT2D eigenvalue weighted by atomic mass is 10.1. The number of carbonyl (C=O) groups is 1. The molecule has 0 radical (unpaired) electrons. The molecule has 1 rings (SSSR count). The highest BCUT2D eigenvalue weighted by molar-refractivity contribution is 5.76. The average Bonchev–Trinajstić information content (AvgIpc) is 2.26. The third-order valence-corrected chi connectivity index (χ3v) is 1.95. The first-order valence-corrected chi connectivity index (χ1v) is 4.29. The van der Waals surface area contributed by atoms with Crippen LogP contribution in [-0.2, 0) is 15.7 Å². The maximum atomic E-state index is 12.3. The Labute approximate surface area is 89.5 Å². The lowest BCUT2D eigenvalue weighted by Gasteiger charge is -2.11. The first kappa shape index (κ1) is 12.5. The molecule has 0 aromatic heterocycles. The predicted molar refractivity (Wildman–Crippen MR) is 48.4 cm³/mol. The predicted octanol–water partition coefficient (Wildman–Crippen LogP) is 1.91. The van der Waals surface area contributed by atoms with Gasteiger partial charge in [-0.25, -0.2) is 4.79 Å². The molecule has 16 heavy (non-hydrogen) atoms. The van der Waals surface area contributed by atoms with Crippen LogP contribution in [0.3, 0.4) is 0 Å². The zero-order chi connectivity index (χ0) is 12.3. The van der Waals surface area contributed by atoms with Gasteiger partial charge in [-0.05, 0) is 17.7 Å². The van der Waals surface area contributed by atoms with Gasteiger partial charge in [0.25, 0.3) is 0 Å². The van der Waals surface area contributed by atoms with E-state index in [9.17, 15) is 23.1 Å². The van der Waals surface area contributed by atoms with Crippen LogP contribution in [0.5, 0.6) is 0 Å². The average molecular weight is 234 g/mol. The first-order chi connectivity index (χ1) is 7.36. The number of hydrogen-bond acceptors (Lipinski definition) is 3. The Balaban J connectivity index is 3.04. The Hall–Kier alpha value is -1.56. The van der Waals surface area contributed by atoms with E-state index >= 15 is 0 Å². The van der Waals surface area contributed by atoms with E-state index in [1.54, 1.807) is 0 Å². The summed E-state index contributed by atoms with van der Waals surface area (Å²) in [5, 5.41) is 9.34. The summed E-state index contributed by atoms with van der Waals surface area (Å²) in [6, 6.07) is 3.90. The lowest BCUT2D eigenvalue weighted by molar-refractivity contribution is -0.151. The number of methoxy groups -OCH3 is 1. The fraction of sp³-hybridized carbons (Fsp3) is 0.300. The number of benzene rings is 1. The molecule has 0 saturated heterocycles. The van der Waals surface area contributed by atoms with Crippen LogP contribution in [0.2, 0.25) is 0 Å². The summed E-state index contributed by atoms with van der Waals surface area (Å²) in [6.07, 6.45) is -6.21. The summed E-state index contributed by atoms with van der Waals surface area (Å²) < 4.78 is 41.2. The molecular formula is C10H9F3O3. The molecule has 0 aliphatic carbocycles. The van der Waals surface area contributed by atoms with Crippen molar-refractivity contribution in [2.75, 3.05) is 7.11 Å². The van der Waals surface area contributed by atoms with Crippen molar-refractivity contribution in [3.63, 3.8) is 0 Å². The number of halogens is 3. The van der Waals surface area contributed by atoms with Gasteiger partial charge in [0.05, 0.1) is 12.7 Å². The summed E-state index contributed by atoms with van der Waals surface area (Å²) in [5.41, 5.74) is -1.07. The standard InChI is InChI=1S/C10H9F3O3/c1-16-9(15)8(14)6-3-2-4-7(5-6)10(11,12)13/h2-5,8,14H,1H3. The number of ether oxygens (including phenoxy) is 1. The molecule has 0 fully saturated rings. The van der Waals surface area contributed by atoms with Crippen molar-refractivity contribution in [2.24, 2.45) is 0 Å². The van der Waals surface area contributed by atoms with Crippen LogP contribution in [0, 0.1) is 0 Å². The number of aliphatic hydroxyl groups is 1. The summed E-state index contributed by atoms with van der Waals surface area (Å²) in [5.74, 6) is -1.00. The molecule has 1 aromatic rings. The minimum Gasteiger partial charge on any atom is -0.467 e. The molecule has 3 nitrogen and oxygen atoms in total. The third-order valence-electron chi connectivity index (χ3n) is 1.95. The van der Waals surface area contributed by atoms with Gasteiger partial charge in [0.15, 0.2) is 6.10 Å². The molecule has 1 aromatic carbocycles. The van der Waals surface area contributed by atoms with Crippen LogP contribution in [0.4, 0.5) is 13.2 Å². The molecule has 0 saturated carbocycles. The fourth-order valence-electron chi connectivity index (χ4n) is 1.13. The second kappa shape index (κ2) is 4.52. The smallest absolute Gasteiger partial charge is 0.416 e. The van der Waals surface area contributed by atoms with Crippen molar-refractivity contribution < 1.29 is 27.8 Å². The lowest BCUT2D eigenvalue weighted by Crippen LogP contribution is -2.14. The highest BCUT2D eigenvalue weighted by Crippen LogP contribution is 2.30. The quantitative estimate of drug-likeness (QED) is 0.795.